The zero-order valence-corrected chi connectivity index (χ0v) is 17.7. The number of carbonyl (C=O) groups is 1. The molecule has 0 spiro atoms. The molecule has 0 aromatic heterocycles. The van der Waals surface area contributed by atoms with Crippen LogP contribution in [0.3, 0.4) is 0 Å². The lowest BCUT2D eigenvalue weighted by Crippen LogP contribution is -2.43. The minimum atomic E-state index is -3.15. The van der Waals surface area contributed by atoms with Crippen molar-refractivity contribution < 1.29 is 13.2 Å². The third kappa shape index (κ3) is 17.6. The van der Waals surface area contributed by atoms with Crippen LogP contribution in [0.1, 0.15) is 34.1 Å². The Bertz CT molecular complexity index is 474. The molecule has 0 aromatic carbocycles. The van der Waals surface area contributed by atoms with Crippen molar-refractivity contribution >= 4 is 45.9 Å². The number of hydrogen-bond donors (Lipinski definition) is 4. The summed E-state index contributed by atoms with van der Waals surface area (Å²) in [6.45, 7) is 9.28. The highest BCUT2D eigenvalue weighted by atomic mass is 127. The lowest BCUT2D eigenvalue weighted by molar-refractivity contribution is -0.121. The molecule has 10 heteroatoms. The van der Waals surface area contributed by atoms with Gasteiger partial charge in [0.2, 0.25) is 15.9 Å². The Morgan fingerprint density at radius 1 is 1.13 bits per heavy atom. The van der Waals surface area contributed by atoms with Crippen molar-refractivity contribution in [2.45, 2.75) is 39.7 Å². The van der Waals surface area contributed by atoms with Crippen LogP contribution >= 0.6 is 24.0 Å². The first-order valence-electron chi connectivity index (χ1n) is 7.31. The van der Waals surface area contributed by atoms with E-state index < -0.39 is 10.0 Å². The Hall–Kier alpha value is -0.620. The standard InChI is InChI=1S/C13H29N5O3S.HI/c1-6-14-12(15-8-7-9-17-22(5,20)21)16-10-11(19)18-13(2,3)4;/h17H,6-10H2,1-5H3,(H,18,19)(H2,14,15,16);1H. The molecular weight excluding hydrogens is 433 g/mol. The highest BCUT2D eigenvalue weighted by Gasteiger charge is 2.13. The number of carbonyl (C=O) groups excluding carboxylic acids is 1. The normalized spacial score (nSPS) is 12.3. The third-order valence-corrected chi connectivity index (χ3v) is 2.98. The lowest BCUT2D eigenvalue weighted by Gasteiger charge is -2.20. The third-order valence-electron chi connectivity index (χ3n) is 2.25. The van der Waals surface area contributed by atoms with Crippen LogP contribution in [-0.2, 0) is 14.8 Å². The zero-order valence-electron chi connectivity index (χ0n) is 14.5. The van der Waals surface area contributed by atoms with E-state index in [9.17, 15) is 13.2 Å². The number of halogens is 1. The van der Waals surface area contributed by atoms with Gasteiger partial charge in [0.25, 0.3) is 0 Å². The summed E-state index contributed by atoms with van der Waals surface area (Å²) in [5, 5.41) is 8.91. The average molecular weight is 463 g/mol. The number of hydrogen-bond acceptors (Lipinski definition) is 4. The molecule has 0 aliphatic carbocycles. The molecule has 0 aliphatic rings. The van der Waals surface area contributed by atoms with E-state index in [2.05, 4.69) is 25.7 Å². The summed E-state index contributed by atoms with van der Waals surface area (Å²) in [6, 6.07) is 0. The van der Waals surface area contributed by atoms with E-state index >= 15 is 0 Å². The van der Waals surface area contributed by atoms with Crippen molar-refractivity contribution in [1.29, 1.82) is 0 Å². The van der Waals surface area contributed by atoms with Crippen molar-refractivity contribution in [3.8, 4) is 0 Å². The van der Waals surface area contributed by atoms with Gasteiger partial charge in [-0.1, -0.05) is 0 Å². The monoisotopic (exact) mass is 463 g/mol. The topological polar surface area (TPSA) is 112 Å². The Morgan fingerprint density at radius 3 is 2.22 bits per heavy atom. The molecule has 0 aliphatic heterocycles. The summed E-state index contributed by atoms with van der Waals surface area (Å²) in [6.07, 6.45) is 1.74. The van der Waals surface area contributed by atoms with Crippen LogP contribution in [0.5, 0.6) is 0 Å². The minimum absolute atomic E-state index is 0. The highest BCUT2D eigenvalue weighted by molar-refractivity contribution is 14.0. The second kappa shape index (κ2) is 11.8. The van der Waals surface area contributed by atoms with Gasteiger partial charge in [-0.15, -0.1) is 24.0 Å². The fraction of sp³-hybridized carbons (Fsp3) is 0.846. The van der Waals surface area contributed by atoms with Gasteiger partial charge in [-0.25, -0.2) is 18.1 Å². The van der Waals surface area contributed by atoms with E-state index in [1.807, 2.05) is 27.7 Å². The number of rotatable bonds is 8. The van der Waals surface area contributed by atoms with Crippen molar-refractivity contribution in [2.24, 2.45) is 4.99 Å². The Balaban J connectivity index is 0. The molecule has 0 fully saturated rings. The molecule has 0 bridgehead atoms. The Kier molecular flexibility index (Phi) is 12.7. The molecule has 138 valence electrons. The first-order valence-corrected chi connectivity index (χ1v) is 9.20. The summed E-state index contributed by atoms with van der Waals surface area (Å²) in [4.78, 5) is 15.9. The number of sulfonamides is 1. The Morgan fingerprint density at radius 2 is 1.74 bits per heavy atom. The quantitative estimate of drug-likeness (QED) is 0.176. The smallest absolute Gasteiger partial charge is 0.242 e. The largest absolute Gasteiger partial charge is 0.357 e. The second-order valence-corrected chi connectivity index (χ2v) is 7.77. The van der Waals surface area contributed by atoms with E-state index in [1.54, 1.807) is 0 Å². The van der Waals surface area contributed by atoms with Crippen LogP contribution in [0, 0.1) is 0 Å². The summed E-state index contributed by atoms with van der Waals surface area (Å²) in [5.41, 5.74) is -0.282. The SMILES string of the molecule is CCNC(=NCC(=O)NC(C)(C)C)NCCCNS(C)(=O)=O.I. The maximum absolute atomic E-state index is 11.7. The first kappa shape index (κ1) is 24.6. The van der Waals surface area contributed by atoms with Crippen molar-refractivity contribution in [3.05, 3.63) is 0 Å². The summed E-state index contributed by atoms with van der Waals surface area (Å²) >= 11 is 0. The average Bonchev–Trinajstić information content (AvgIpc) is 2.31. The molecule has 1 amide bonds. The van der Waals surface area contributed by atoms with Gasteiger partial charge in [0.15, 0.2) is 5.96 Å². The minimum Gasteiger partial charge on any atom is -0.357 e. The van der Waals surface area contributed by atoms with Gasteiger partial charge in [0.05, 0.1) is 6.26 Å². The molecular formula is C13H30IN5O3S. The fourth-order valence-electron chi connectivity index (χ4n) is 1.50. The van der Waals surface area contributed by atoms with Gasteiger partial charge in [0, 0.05) is 25.2 Å². The van der Waals surface area contributed by atoms with Crippen LogP contribution in [0.4, 0.5) is 0 Å². The number of aliphatic imine (C=N–C) groups is 1. The van der Waals surface area contributed by atoms with Crippen molar-refractivity contribution in [3.63, 3.8) is 0 Å². The van der Waals surface area contributed by atoms with E-state index in [4.69, 9.17) is 0 Å². The summed E-state index contributed by atoms with van der Waals surface area (Å²) < 4.78 is 24.2. The van der Waals surface area contributed by atoms with Crippen LogP contribution in [0.15, 0.2) is 4.99 Å². The molecule has 8 nitrogen and oxygen atoms in total. The van der Waals surface area contributed by atoms with Crippen LogP contribution in [-0.4, -0.2) is 58.3 Å². The van der Waals surface area contributed by atoms with Gasteiger partial charge in [-0.2, -0.15) is 0 Å². The first-order chi connectivity index (χ1) is 10.0. The molecule has 0 saturated carbocycles. The molecule has 0 aromatic rings. The Labute approximate surface area is 156 Å². The maximum atomic E-state index is 11.7. The number of guanidine groups is 1. The molecule has 4 N–H and O–H groups in total. The van der Waals surface area contributed by atoms with Crippen molar-refractivity contribution in [1.82, 2.24) is 20.7 Å². The zero-order chi connectivity index (χ0) is 17.2. The highest BCUT2D eigenvalue weighted by Crippen LogP contribution is 1.97. The van der Waals surface area contributed by atoms with Gasteiger partial charge in [0.1, 0.15) is 6.54 Å². The maximum Gasteiger partial charge on any atom is 0.242 e. The second-order valence-electron chi connectivity index (χ2n) is 5.94. The van der Waals surface area contributed by atoms with Crippen molar-refractivity contribution in [2.75, 3.05) is 32.4 Å². The van der Waals surface area contributed by atoms with Gasteiger partial charge >= 0.3 is 0 Å². The number of nitrogens with zero attached hydrogens (tertiary/aromatic N) is 1. The van der Waals surface area contributed by atoms with Gasteiger partial charge < -0.3 is 16.0 Å². The van der Waals surface area contributed by atoms with E-state index in [-0.39, 0.29) is 42.0 Å². The molecule has 0 atom stereocenters. The molecule has 0 heterocycles. The fourth-order valence-corrected chi connectivity index (χ4v) is 2.02. The molecule has 23 heavy (non-hydrogen) atoms. The lowest BCUT2D eigenvalue weighted by atomic mass is 10.1. The molecule has 0 saturated heterocycles. The summed E-state index contributed by atoms with van der Waals surface area (Å²) in [5.74, 6) is 0.384. The van der Waals surface area contributed by atoms with Gasteiger partial charge in [-0.3, -0.25) is 4.79 Å². The van der Waals surface area contributed by atoms with E-state index in [0.717, 1.165) is 6.26 Å². The van der Waals surface area contributed by atoms with E-state index in [1.165, 1.54) is 0 Å². The van der Waals surface area contributed by atoms with Crippen LogP contribution in [0.2, 0.25) is 0 Å². The number of amides is 1. The summed E-state index contributed by atoms with van der Waals surface area (Å²) in [7, 11) is -3.15. The molecule has 0 rings (SSSR count). The predicted molar refractivity (Wildman–Crippen MR) is 105 cm³/mol. The van der Waals surface area contributed by atoms with Crippen LogP contribution < -0.4 is 20.7 Å². The van der Waals surface area contributed by atoms with Gasteiger partial charge in [-0.05, 0) is 34.1 Å². The van der Waals surface area contributed by atoms with E-state index in [0.29, 0.717) is 32.0 Å². The molecule has 0 radical (unpaired) electrons. The van der Waals surface area contributed by atoms with Crippen LogP contribution in [0.25, 0.3) is 0 Å². The predicted octanol–water partition coefficient (Wildman–Crippen LogP) is 0.0135. The molecule has 0 unspecified atom stereocenters. The number of nitrogens with one attached hydrogen (secondary N) is 4.